The van der Waals surface area contributed by atoms with E-state index in [4.69, 9.17) is 0 Å². The number of sulfonamides is 1. The summed E-state index contributed by atoms with van der Waals surface area (Å²) < 4.78 is 26.3. The summed E-state index contributed by atoms with van der Waals surface area (Å²) in [6.07, 6.45) is 0.781. The molecule has 10 heteroatoms. The van der Waals surface area contributed by atoms with E-state index >= 15 is 0 Å². The van der Waals surface area contributed by atoms with Gasteiger partial charge in [0.05, 0.1) is 11.4 Å². The Hall–Kier alpha value is -1.68. The molecule has 8 nitrogen and oxygen atoms in total. The molecule has 1 saturated heterocycles. The Bertz CT molecular complexity index is 711. The highest BCUT2D eigenvalue weighted by Gasteiger charge is 2.29. The molecule has 2 amide bonds. The fraction of sp³-hybridized carbons (Fsp3) is 0.467. The van der Waals surface area contributed by atoms with Crippen molar-refractivity contribution in [1.29, 1.82) is 0 Å². The van der Waals surface area contributed by atoms with Gasteiger partial charge in [-0.2, -0.15) is 4.31 Å². The molecular formula is C15H23ClN4O4S. The SMILES string of the molecule is CNCCCNC(=O)c1cccc(S(=O)(=O)N2CCNC(=O)C2)c1.Cl. The third-order valence-electron chi connectivity index (χ3n) is 3.63. The molecule has 0 radical (unpaired) electrons. The van der Waals surface area contributed by atoms with E-state index in [1.165, 1.54) is 18.2 Å². The molecule has 1 aliphatic heterocycles. The number of hydrogen-bond acceptors (Lipinski definition) is 5. The van der Waals surface area contributed by atoms with Gasteiger partial charge in [0.15, 0.2) is 0 Å². The molecule has 0 unspecified atom stereocenters. The van der Waals surface area contributed by atoms with E-state index in [0.717, 1.165) is 17.3 Å². The van der Waals surface area contributed by atoms with Gasteiger partial charge in [-0.3, -0.25) is 9.59 Å². The van der Waals surface area contributed by atoms with Crippen LogP contribution in [-0.4, -0.2) is 64.3 Å². The maximum absolute atomic E-state index is 12.6. The van der Waals surface area contributed by atoms with Crippen molar-refractivity contribution in [2.75, 3.05) is 39.8 Å². The summed E-state index contributed by atoms with van der Waals surface area (Å²) in [5.41, 5.74) is 0.280. The predicted molar refractivity (Wildman–Crippen MR) is 96.3 cm³/mol. The van der Waals surface area contributed by atoms with Crippen LogP contribution in [0.15, 0.2) is 29.2 Å². The zero-order valence-corrected chi connectivity index (χ0v) is 15.6. The third-order valence-corrected chi connectivity index (χ3v) is 5.47. The van der Waals surface area contributed by atoms with E-state index < -0.39 is 10.0 Å². The second-order valence-corrected chi connectivity index (χ2v) is 7.37. The molecule has 3 N–H and O–H groups in total. The van der Waals surface area contributed by atoms with Crippen molar-refractivity contribution in [2.45, 2.75) is 11.3 Å². The normalized spacial score (nSPS) is 15.2. The predicted octanol–water partition coefficient (Wildman–Crippen LogP) is -0.432. The molecule has 1 aromatic carbocycles. The van der Waals surface area contributed by atoms with Crippen LogP contribution in [0.4, 0.5) is 0 Å². The fourth-order valence-electron chi connectivity index (χ4n) is 2.34. The number of nitrogens with one attached hydrogen (secondary N) is 3. The lowest BCUT2D eigenvalue weighted by Gasteiger charge is -2.26. The van der Waals surface area contributed by atoms with Crippen LogP contribution < -0.4 is 16.0 Å². The molecule has 1 heterocycles. The monoisotopic (exact) mass is 390 g/mol. The molecule has 0 aliphatic carbocycles. The van der Waals surface area contributed by atoms with Crippen LogP contribution in [0.1, 0.15) is 16.8 Å². The number of carbonyl (C=O) groups is 2. The summed E-state index contributed by atoms with van der Waals surface area (Å²) in [5.74, 6) is -0.650. The topological polar surface area (TPSA) is 108 Å². The molecule has 1 aliphatic rings. The number of benzene rings is 1. The van der Waals surface area contributed by atoms with Gasteiger partial charge in [0.25, 0.3) is 5.91 Å². The third kappa shape index (κ3) is 5.67. The van der Waals surface area contributed by atoms with Gasteiger partial charge in [-0.25, -0.2) is 8.42 Å². The molecule has 140 valence electrons. The Kier molecular flexibility index (Phi) is 8.30. The van der Waals surface area contributed by atoms with E-state index in [1.807, 2.05) is 7.05 Å². The maximum Gasteiger partial charge on any atom is 0.251 e. The first-order valence-electron chi connectivity index (χ1n) is 7.75. The molecule has 1 aromatic rings. The number of hydrogen-bond donors (Lipinski definition) is 3. The lowest BCUT2D eigenvalue weighted by atomic mass is 10.2. The molecule has 2 rings (SSSR count). The number of piperazine rings is 1. The summed E-state index contributed by atoms with van der Waals surface area (Å²) in [4.78, 5) is 23.5. The second kappa shape index (κ2) is 9.71. The molecule has 0 bridgehead atoms. The minimum absolute atomic E-state index is 0. The number of nitrogens with zero attached hydrogens (tertiary/aromatic N) is 1. The van der Waals surface area contributed by atoms with Gasteiger partial charge in [0.2, 0.25) is 15.9 Å². The standard InChI is InChI=1S/C15H22N4O4S.ClH/c1-16-6-3-7-18-15(21)12-4-2-5-13(10-12)24(22,23)19-9-8-17-14(20)11-19;/h2,4-5,10,16H,3,6-9,11H2,1H3,(H,17,20)(H,18,21);1H. The Morgan fingerprint density at radius 2 is 2.08 bits per heavy atom. The molecule has 0 aromatic heterocycles. The minimum Gasteiger partial charge on any atom is -0.354 e. The van der Waals surface area contributed by atoms with Crippen molar-refractivity contribution in [1.82, 2.24) is 20.3 Å². The summed E-state index contributed by atoms with van der Waals surface area (Å²) in [5, 5.41) is 8.31. The lowest BCUT2D eigenvalue weighted by Crippen LogP contribution is -2.49. The smallest absolute Gasteiger partial charge is 0.251 e. The van der Waals surface area contributed by atoms with Crippen molar-refractivity contribution in [3.63, 3.8) is 0 Å². The van der Waals surface area contributed by atoms with Crippen LogP contribution in [0.3, 0.4) is 0 Å². The number of amides is 2. The molecule has 0 spiro atoms. The molecule has 0 saturated carbocycles. The van der Waals surface area contributed by atoms with E-state index in [0.29, 0.717) is 6.54 Å². The van der Waals surface area contributed by atoms with Gasteiger partial charge in [-0.1, -0.05) is 6.07 Å². The first-order chi connectivity index (χ1) is 11.4. The van der Waals surface area contributed by atoms with Gasteiger partial charge < -0.3 is 16.0 Å². The van der Waals surface area contributed by atoms with Crippen LogP contribution in [0.25, 0.3) is 0 Å². The molecule has 0 atom stereocenters. The van der Waals surface area contributed by atoms with Crippen molar-refractivity contribution >= 4 is 34.2 Å². The summed E-state index contributed by atoms with van der Waals surface area (Å²) >= 11 is 0. The Morgan fingerprint density at radius 3 is 2.76 bits per heavy atom. The van der Waals surface area contributed by atoms with Gasteiger partial charge in [0, 0.05) is 25.2 Å². The zero-order valence-electron chi connectivity index (χ0n) is 13.9. The lowest BCUT2D eigenvalue weighted by molar-refractivity contribution is -0.122. The summed E-state index contributed by atoms with van der Waals surface area (Å²) in [7, 11) is -1.97. The van der Waals surface area contributed by atoms with Gasteiger partial charge in [0.1, 0.15) is 0 Å². The highest BCUT2D eigenvalue weighted by molar-refractivity contribution is 7.89. The fourth-order valence-corrected chi connectivity index (χ4v) is 3.78. The molecular weight excluding hydrogens is 368 g/mol. The van der Waals surface area contributed by atoms with Gasteiger partial charge >= 0.3 is 0 Å². The average molecular weight is 391 g/mol. The van der Waals surface area contributed by atoms with Crippen LogP contribution in [0.2, 0.25) is 0 Å². The first kappa shape index (κ1) is 21.4. The highest BCUT2D eigenvalue weighted by atomic mass is 35.5. The van der Waals surface area contributed by atoms with E-state index in [1.54, 1.807) is 6.07 Å². The quantitative estimate of drug-likeness (QED) is 0.547. The summed E-state index contributed by atoms with van der Waals surface area (Å²) in [6, 6.07) is 5.86. The maximum atomic E-state index is 12.6. The van der Waals surface area contributed by atoms with Crippen LogP contribution in [-0.2, 0) is 14.8 Å². The number of rotatable bonds is 7. The van der Waals surface area contributed by atoms with E-state index in [2.05, 4.69) is 16.0 Å². The van der Waals surface area contributed by atoms with Crippen LogP contribution in [0, 0.1) is 0 Å². The van der Waals surface area contributed by atoms with Crippen molar-refractivity contribution in [3.8, 4) is 0 Å². The van der Waals surface area contributed by atoms with Crippen molar-refractivity contribution in [2.24, 2.45) is 0 Å². The molecule has 1 fully saturated rings. The van der Waals surface area contributed by atoms with Gasteiger partial charge in [-0.15, -0.1) is 12.4 Å². The van der Waals surface area contributed by atoms with E-state index in [-0.39, 0.29) is 54.3 Å². The largest absolute Gasteiger partial charge is 0.354 e. The van der Waals surface area contributed by atoms with Crippen molar-refractivity contribution in [3.05, 3.63) is 29.8 Å². The number of carbonyl (C=O) groups excluding carboxylic acids is 2. The Labute approximate surface area is 153 Å². The van der Waals surface area contributed by atoms with Crippen LogP contribution in [0.5, 0.6) is 0 Å². The second-order valence-electron chi connectivity index (χ2n) is 5.43. The van der Waals surface area contributed by atoms with Crippen LogP contribution >= 0.6 is 12.4 Å². The Balaban J connectivity index is 0.00000312. The summed E-state index contributed by atoms with van der Waals surface area (Å²) in [6.45, 7) is 1.58. The zero-order chi connectivity index (χ0) is 17.6. The Morgan fingerprint density at radius 1 is 1.32 bits per heavy atom. The van der Waals surface area contributed by atoms with Gasteiger partial charge in [-0.05, 0) is 38.2 Å². The first-order valence-corrected chi connectivity index (χ1v) is 9.19. The average Bonchev–Trinajstić information content (AvgIpc) is 2.58. The minimum atomic E-state index is -3.80. The van der Waals surface area contributed by atoms with E-state index in [9.17, 15) is 18.0 Å². The molecule has 25 heavy (non-hydrogen) atoms. The number of halogens is 1. The van der Waals surface area contributed by atoms with Crippen molar-refractivity contribution < 1.29 is 18.0 Å². The highest BCUT2D eigenvalue weighted by Crippen LogP contribution is 2.17.